The number of rotatable bonds is 5. The van der Waals surface area contributed by atoms with E-state index in [1.807, 2.05) is 0 Å². The average Bonchev–Trinajstić information content (AvgIpc) is 2.36. The number of pyridine rings is 1. The maximum absolute atomic E-state index is 12.9. The lowest BCUT2D eigenvalue weighted by atomic mass is 10.1. The molecular weight excluding hydrogens is 266 g/mol. The van der Waals surface area contributed by atoms with Crippen LogP contribution in [0.1, 0.15) is 17.7 Å². The summed E-state index contributed by atoms with van der Waals surface area (Å²) in [6.45, 7) is 0. The summed E-state index contributed by atoms with van der Waals surface area (Å²) in [4.78, 5) is 24.3. The Bertz CT molecular complexity index is 507. The van der Waals surface area contributed by atoms with Gasteiger partial charge >= 0.3 is 11.8 Å². The molecule has 0 aliphatic carbocycles. The van der Waals surface area contributed by atoms with Gasteiger partial charge < -0.3 is 19.6 Å². The Morgan fingerprint density at radius 2 is 2.16 bits per heavy atom. The van der Waals surface area contributed by atoms with Crippen LogP contribution >= 0.6 is 0 Å². The van der Waals surface area contributed by atoms with Crippen LogP contribution in [0.4, 0.5) is 14.6 Å². The summed E-state index contributed by atoms with van der Waals surface area (Å²) in [7, 11) is 2.16. The smallest absolute Gasteiger partial charge is 0.367 e. The Morgan fingerprint density at radius 1 is 1.53 bits per heavy atom. The van der Waals surface area contributed by atoms with Crippen molar-refractivity contribution >= 4 is 11.8 Å². The van der Waals surface area contributed by atoms with Crippen LogP contribution in [0.25, 0.3) is 0 Å². The fraction of sp³-hybridized carbons (Fsp3) is 0.400. The fourth-order valence-corrected chi connectivity index (χ4v) is 1.41. The van der Waals surface area contributed by atoms with Gasteiger partial charge in [-0.15, -0.1) is 0 Å². The van der Waals surface area contributed by atoms with E-state index in [0.29, 0.717) is 0 Å². The van der Waals surface area contributed by atoms with E-state index in [2.05, 4.69) is 14.5 Å². The fourth-order valence-electron chi connectivity index (χ4n) is 1.41. The molecule has 0 aliphatic rings. The molecule has 0 atom stereocenters. The number of alkyl halides is 2. The summed E-state index contributed by atoms with van der Waals surface area (Å²) in [6, 6.07) is 0.780. The molecule has 0 saturated carbocycles. The number of halogens is 2. The van der Waals surface area contributed by atoms with E-state index in [1.54, 1.807) is 0 Å². The molecule has 9 heteroatoms. The predicted octanol–water partition coefficient (Wildman–Crippen LogP) is 1.65. The number of nitrogens with zero attached hydrogens (tertiary/aromatic N) is 2. The highest BCUT2D eigenvalue weighted by atomic mass is 19.3. The molecule has 0 N–H and O–H groups in total. The van der Waals surface area contributed by atoms with Gasteiger partial charge in [-0.2, -0.15) is 0 Å². The van der Waals surface area contributed by atoms with Crippen LogP contribution in [0.15, 0.2) is 6.07 Å². The number of ether oxygens (including phenoxy) is 2. The van der Waals surface area contributed by atoms with Crippen molar-refractivity contribution in [1.82, 2.24) is 4.98 Å². The van der Waals surface area contributed by atoms with Crippen molar-refractivity contribution in [3.05, 3.63) is 27.4 Å². The lowest BCUT2D eigenvalue weighted by Crippen LogP contribution is -2.11. The van der Waals surface area contributed by atoms with Crippen LogP contribution in [-0.2, 0) is 16.0 Å². The van der Waals surface area contributed by atoms with Crippen molar-refractivity contribution in [2.24, 2.45) is 0 Å². The van der Waals surface area contributed by atoms with Gasteiger partial charge in [-0.05, 0) is 9.91 Å². The maximum atomic E-state index is 12.9. The van der Waals surface area contributed by atoms with Gasteiger partial charge in [0, 0.05) is 0 Å². The highest BCUT2D eigenvalue weighted by Gasteiger charge is 2.29. The molecule has 0 spiro atoms. The minimum Gasteiger partial charge on any atom is -0.496 e. The van der Waals surface area contributed by atoms with Gasteiger partial charge in [-0.25, -0.2) is 8.78 Å². The number of hydrogen-bond donors (Lipinski definition) is 0. The normalized spacial score (nSPS) is 10.4. The van der Waals surface area contributed by atoms with Gasteiger partial charge in [0.25, 0.3) is 6.43 Å². The quantitative estimate of drug-likeness (QED) is 0.461. The molecule has 7 nitrogen and oxygen atoms in total. The molecular formula is C10H10F2N2O5. The number of carbonyl (C=O) groups is 1. The summed E-state index contributed by atoms with van der Waals surface area (Å²) >= 11 is 0. The van der Waals surface area contributed by atoms with Crippen molar-refractivity contribution in [3.63, 3.8) is 0 Å². The van der Waals surface area contributed by atoms with Gasteiger partial charge in [0.1, 0.15) is 17.7 Å². The van der Waals surface area contributed by atoms with Crippen LogP contribution in [0.5, 0.6) is 5.75 Å². The van der Waals surface area contributed by atoms with E-state index in [-0.39, 0.29) is 0 Å². The molecule has 1 rings (SSSR count). The van der Waals surface area contributed by atoms with Gasteiger partial charge in [-0.1, -0.05) is 0 Å². The van der Waals surface area contributed by atoms with Crippen molar-refractivity contribution < 1.29 is 28.0 Å². The molecule has 104 valence electrons. The van der Waals surface area contributed by atoms with Gasteiger partial charge in [0.2, 0.25) is 0 Å². The molecule has 0 unspecified atom stereocenters. The van der Waals surface area contributed by atoms with E-state index in [1.165, 1.54) is 0 Å². The first-order valence-corrected chi connectivity index (χ1v) is 4.97. The molecule has 1 heterocycles. The van der Waals surface area contributed by atoms with Gasteiger partial charge in [0.15, 0.2) is 5.69 Å². The number of hydrogen-bond acceptors (Lipinski definition) is 6. The lowest BCUT2D eigenvalue weighted by Gasteiger charge is -2.09. The number of nitro groups is 1. The minimum absolute atomic E-state index is 0.393. The molecule has 0 aromatic carbocycles. The van der Waals surface area contributed by atoms with E-state index in [9.17, 15) is 23.7 Å². The van der Waals surface area contributed by atoms with Crippen molar-refractivity contribution in [3.8, 4) is 5.75 Å². The van der Waals surface area contributed by atoms with Crippen LogP contribution in [0.3, 0.4) is 0 Å². The van der Waals surface area contributed by atoms with E-state index in [0.717, 1.165) is 20.3 Å². The summed E-state index contributed by atoms with van der Waals surface area (Å²) in [5, 5.41) is 10.6. The summed E-state index contributed by atoms with van der Waals surface area (Å²) in [5.74, 6) is -1.91. The monoisotopic (exact) mass is 276 g/mol. The van der Waals surface area contributed by atoms with Gasteiger partial charge in [-0.3, -0.25) is 4.79 Å². The third-order valence-electron chi connectivity index (χ3n) is 2.25. The van der Waals surface area contributed by atoms with Crippen molar-refractivity contribution in [2.45, 2.75) is 12.8 Å². The zero-order valence-corrected chi connectivity index (χ0v) is 10.1. The Balaban J connectivity index is 3.40. The second-order valence-electron chi connectivity index (χ2n) is 3.35. The molecule has 0 fully saturated rings. The molecule has 1 aromatic heterocycles. The van der Waals surface area contributed by atoms with Crippen molar-refractivity contribution in [2.75, 3.05) is 14.2 Å². The Hall–Kier alpha value is -2.32. The first kappa shape index (κ1) is 14.7. The van der Waals surface area contributed by atoms with E-state index in [4.69, 9.17) is 0 Å². The second kappa shape index (κ2) is 6.03. The minimum atomic E-state index is -2.98. The van der Waals surface area contributed by atoms with Crippen LogP contribution in [0, 0.1) is 10.1 Å². The summed E-state index contributed by atoms with van der Waals surface area (Å²) in [5.41, 5.74) is -1.09. The molecule has 0 amide bonds. The molecule has 0 radical (unpaired) electrons. The largest absolute Gasteiger partial charge is 0.496 e. The third kappa shape index (κ3) is 3.33. The maximum Gasteiger partial charge on any atom is 0.367 e. The standard InChI is InChI=1S/C10H10F2N2O5/c1-18-6-4-7(14(16)17)13-5(3-8(15)19-2)9(6)10(11)12/h4,10H,3H2,1-2H3. The third-order valence-corrected chi connectivity index (χ3v) is 2.25. The average molecular weight is 276 g/mol. The Morgan fingerprint density at radius 3 is 2.58 bits per heavy atom. The number of aromatic nitrogens is 1. The highest BCUT2D eigenvalue weighted by molar-refractivity contribution is 5.72. The Labute approximate surface area is 106 Å². The SMILES string of the molecule is COC(=O)Cc1nc([N+](=O)[O-])cc(OC)c1C(F)F. The molecule has 1 aromatic rings. The molecule has 19 heavy (non-hydrogen) atoms. The number of methoxy groups -OCH3 is 2. The molecule has 0 aliphatic heterocycles. The number of carbonyl (C=O) groups excluding carboxylic acids is 1. The summed E-state index contributed by atoms with van der Waals surface area (Å²) < 4.78 is 34.8. The lowest BCUT2D eigenvalue weighted by molar-refractivity contribution is -0.389. The number of esters is 1. The van der Waals surface area contributed by atoms with E-state index >= 15 is 0 Å². The van der Waals surface area contributed by atoms with Gasteiger partial charge in [0.05, 0.1) is 20.3 Å². The van der Waals surface area contributed by atoms with Crippen LogP contribution in [-0.4, -0.2) is 30.1 Å². The first-order chi connectivity index (χ1) is 8.90. The first-order valence-electron chi connectivity index (χ1n) is 4.97. The summed E-state index contributed by atoms with van der Waals surface area (Å²) in [6.07, 6.45) is -3.59. The zero-order chi connectivity index (χ0) is 14.6. The Kier molecular flexibility index (Phi) is 4.67. The van der Waals surface area contributed by atoms with Crippen LogP contribution in [0.2, 0.25) is 0 Å². The van der Waals surface area contributed by atoms with Crippen LogP contribution < -0.4 is 4.74 Å². The van der Waals surface area contributed by atoms with Crippen molar-refractivity contribution in [1.29, 1.82) is 0 Å². The predicted molar refractivity (Wildman–Crippen MR) is 58.1 cm³/mol. The van der Waals surface area contributed by atoms with E-state index < -0.39 is 46.6 Å². The topological polar surface area (TPSA) is 91.6 Å². The molecule has 0 bridgehead atoms. The zero-order valence-electron chi connectivity index (χ0n) is 10.1. The highest BCUT2D eigenvalue weighted by Crippen LogP contribution is 2.34. The second-order valence-corrected chi connectivity index (χ2v) is 3.35. The molecule has 0 saturated heterocycles.